The number of hydrogen-bond donors (Lipinski definition) is 0. The summed E-state index contributed by atoms with van der Waals surface area (Å²) in [6, 6.07) is 0. The van der Waals surface area contributed by atoms with E-state index in [0.717, 1.165) is 12.8 Å². The van der Waals surface area contributed by atoms with Gasteiger partial charge in [0, 0.05) is 23.3 Å². The van der Waals surface area contributed by atoms with Crippen LogP contribution in [0, 0.1) is 17.3 Å². The Bertz CT molecular complexity index is 402. The number of rotatable bonds is 2. The highest BCUT2D eigenvalue weighted by atomic mass is 16.6. The van der Waals surface area contributed by atoms with E-state index >= 15 is 0 Å². The highest BCUT2D eigenvalue weighted by Crippen LogP contribution is 2.61. The molecule has 0 aromatic heterocycles. The first-order chi connectivity index (χ1) is 8.03. The molecule has 0 N–H and O–H groups in total. The zero-order chi connectivity index (χ0) is 12.2. The SMILES string of the molecule is C=CC(=O)OC1CC2(C)CC1C1CC(=O)OC12. The van der Waals surface area contributed by atoms with Crippen molar-refractivity contribution in [2.24, 2.45) is 17.3 Å². The van der Waals surface area contributed by atoms with Crippen LogP contribution in [-0.4, -0.2) is 24.1 Å². The van der Waals surface area contributed by atoms with Crippen LogP contribution < -0.4 is 0 Å². The van der Waals surface area contributed by atoms with Crippen molar-refractivity contribution in [3.63, 3.8) is 0 Å². The summed E-state index contributed by atoms with van der Waals surface area (Å²) in [4.78, 5) is 22.6. The maximum absolute atomic E-state index is 11.4. The van der Waals surface area contributed by atoms with Gasteiger partial charge in [-0.3, -0.25) is 4.79 Å². The largest absolute Gasteiger partial charge is 0.461 e. The molecule has 1 saturated heterocycles. The van der Waals surface area contributed by atoms with Crippen molar-refractivity contribution in [3.8, 4) is 0 Å². The second-order valence-corrected chi connectivity index (χ2v) is 5.68. The van der Waals surface area contributed by atoms with Gasteiger partial charge in [-0.25, -0.2) is 4.79 Å². The molecule has 2 aliphatic carbocycles. The lowest BCUT2D eigenvalue weighted by atomic mass is 9.77. The van der Waals surface area contributed by atoms with Gasteiger partial charge in [0.05, 0.1) is 6.42 Å². The van der Waals surface area contributed by atoms with E-state index in [4.69, 9.17) is 9.47 Å². The second kappa shape index (κ2) is 3.34. The van der Waals surface area contributed by atoms with Crippen LogP contribution in [0.15, 0.2) is 12.7 Å². The van der Waals surface area contributed by atoms with E-state index in [2.05, 4.69) is 13.5 Å². The van der Waals surface area contributed by atoms with Crippen LogP contribution >= 0.6 is 0 Å². The molecule has 0 amide bonds. The quantitative estimate of drug-likeness (QED) is 0.538. The van der Waals surface area contributed by atoms with E-state index < -0.39 is 0 Å². The van der Waals surface area contributed by atoms with E-state index in [0.29, 0.717) is 6.42 Å². The molecule has 2 bridgehead atoms. The fraction of sp³-hybridized carbons (Fsp3) is 0.692. The van der Waals surface area contributed by atoms with Crippen molar-refractivity contribution in [2.75, 3.05) is 0 Å². The van der Waals surface area contributed by atoms with Crippen molar-refractivity contribution in [3.05, 3.63) is 12.7 Å². The predicted molar refractivity (Wildman–Crippen MR) is 58.9 cm³/mol. The molecule has 5 atom stereocenters. The number of fused-ring (bicyclic) bond motifs is 5. The Balaban J connectivity index is 1.80. The lowest BCUT2D eigenvalue weighted by Gasteiger charge is -2.34. The Morgan fingerprint density at radius 3 is 3.00 bits per heavy atom. The molecule has 92 valence electrons. The van der Waals surface area contributed by atoms with Gasteiger partial charge < -0.3 is 9.47 Å². The highest BCUT2D eigenvalue weighted by molar-refractivity contribution is 5.81. The fourth-order valence-electron chi connectivity index (χ4n) is 3.96. The summed E-state index contributed by atoms with van der Waals surface area (Å²) >= 11 is 0. The van der Waals surface area contributed by atoms with Gasteiger partial charge in [-0.2, -0.15) is 0 Å². The fourth-order valence-corrected chi connectivity index (χ4v) is 3.96. The minimum absolute atomic E-state index is 0.00634. The van der Waals surface area contributed by atoms with Crippen LogP contribution in [-0.2, 0) is 19.1 Å². The van der Waals surface area contributed by atoms with Gasteiger partial charge in [0.1, 0.15) is 12.2 Å². The molecule has 1 aliphatic heterocycles. The molecule has 4 heteroatoms. The summed E-state index contributed by atoms with van der Waals surface area (Å²) in [5.41, 5.74) is -0.00634. The zero-order valence-corrected chi connectivity index (χ0v) is 9.85. The molecule has 2 saturated carbocycles. The molecule has 0 aromatic carbocycles. The van der Waals surface area contributed by atoms with Crippen molar-refractivity contribution >= 4 is 11.9 Å². The molecule has 1 heterocycles. The monoisotopic (exact) mass is 236 g/mol. The van der Waals surface area contributed by atoms with Gasteiger partial charge in [-0.05, 0) is 12.8 Å². The topological polar surface area (TPSA) is 52.6 Å². The third-order valence-electron chi connectivity index (χ3n) is 4.57. The first-order valence-electron chi connectivity index (χ1n) is 6.06. The average Bonchev–Trinajstić information content (AvgIpc) is 2.86. The van der Waals surface area contributed by atoms with Gasteiger partial charge in [-0.1, -0.05) is 13.5 Å². The summed E-state index contributed by atoms with van der Waals surface area (Å²) < 4.78 is 10.8. The second-order valence-electron chi connectivity index (χ2n) is 5.68. The first kappa shape index (κ1) is 10.8. The van der Waals surface area contributed by atoms with Gasteiger partial charge in [0.25, 0.3) is 0 Å². The molecule has 4 nitrogen and oxygen atoms in total. The normalized spacial score (nSPS) is 46.5. The molecule has 5 unspecified atom stereocenters. The van der Waals surface area contributed by atoms with E-state index in [-0.39, 0.29) is 41.4 Å². The lowest BCUT2D eigenvalue weighted by molar-refractivity contribution is -0.152. The van der Waals surface area contributed by atoms with Crippen molar-refractivity contribution in [1.82, 2.24) is 0 Å². The zero-order valence-electron chi connectivity index (χ0n) is 9.85. The summed E-state index contributed by atoms with van der Waals surface area (Å²) in [5, 5.41) is 0. The van der Waals surface area contributed by atoms with Crippen molar-refractivity contribution in [1.29, 1.82) is 0 Å². The minimum atomic E-state index is -0.368. The minimum Gasteiger partial charge on any atom is -0.461 e. The maximum Gasteiger partial charge on any atom is 0.330 e. The van der Waals surface area contributed by atoms with E-state index in [1.807, 2.05) is 0 Å². The van der Waals surface area contributed by atoms with Gasteiger partial charge >= 0.3 is 11.9 Å². The number of carbonyl (C=O) groups is 2. The third-order valence-corrected chi connectivity index (χ3v) is 4.57. The van der Waals surface area contributed by atoms with Crippen LogP contribution in [0.25, 0.3) is 0 Å². The summed E-state index contributed by atoms with van der Waals surface area (Å²) in [6.45, 7) is 5.54. The lowest BCUT2D eigenvalue weighted by Crippen LogP contribution is -2.39. The number of carbonyl (C=O) groups excluding carboxylic acids is 2. The molecular weight excluding hydrogens is 220 g/mol. The summed E-state index contributed by atoms with van der Waals surface area (Å²) in [6.07, 6.45) is 3.44. The standard InChI is InChI=1S/C13H16O4/c1-3-10(14)16-9-6-13(2)5-8(9)7-4-11(15)17-12(7)13/h3,7-9,12H,1,4-6H2,2H3. The maximum atomic E-state index is 11.4. The number of ether oxygens (including phenoxy) is 2. The average molecular weight is 236 g/mol. The number of esters is 2. The predicted octanol–water partition coefficient (Wildman–Crippen LogP) is 1.45. The van der Waals surface area contributed by atoms with Crippen LogP contribution in [0.2, 0.25) is 0 Å². The Hall–Kier alpha value is -1.32. The van der Waals surface area contributed by atoms with E-state index in [1.165, 1.54) is 6.08 Å². The highest BCUT2D eigenvalue weighted by Gasteiger charge is 2.64. The smallest absolute Gasteiger partial charge is 0.330 e. The Kier molecular flexibility index (Phi) is 2.12. The molecular formula is C13H16O4. The first-order valence-corrected chi connectivity index (χ1v) is 6.06. The van der Waals surface area contributed by atoms with Crippen molar-refractivity contribution in [2.45, 2.75) is 38.4 Å². The van der Waals surface area contributed by atoms with Crippen LogP contribution in [0.1, 0.15) is 26.2 Å². The van der Waals surface area contributed by atoms with Crippen LogP contribution in [0.4, 0.5) is 0 Å². The Labute approximate surface area is 100.0 Å². The third kappa shape index (κ3) is 1.43. The van der Waals surface area contributed by atoms with Gasteiger partial charge in [-0.15, -0.1) is 0 Å². The summed E-state index contributed by atoms with van der Waals surface area (Å²) in [7, 11) is 0. The van der Waals surface area contributed by atoms with Gasteiger partial charge in [0.2, 0.25) is 0 Å². The Morgan fingerprint density at radius 1 is 1.53 bits per heavy atom. The number of hydrogen-bond acceptors (Lipinski definition) is 4. The molecule has 17 heavy (non-hydrogen) atoms. The van der Waals surface area contributed by atoms with E-state index in [1.54, 1.807) is 0 Å². The molecule has 3 rings (SSSR count). The van der Waals surface area contributed by atoms with Crippen molar-refractivity contribution < 1.29 is 19.1 Å². The molecule has 0 spiro atoms. The van der Waals surface area contributed by atoms with E-state index in [9.17, 15) is 9.59 Å². The molecule has 3 aliphatic rings. The molecule has 0 radical (unpaired) electrons. The molecule has 0 aromatic rings. The molecule has 3 fully saturated rings. The Morgan fingerprint density at radius 2 is 2.29 bits per heavy atom. The summed E-state index contributed by atoms with van der Waals surface area (Å²) in [5.74, 6) is 0.0452. The van der Waals surface area contributed by atoms with Gasteiger partial charge in [0.15, 0.2) is 0 Å². The van der Waals surface area contributed by atoms with Crippen LogP contribution in [0.3, 0.4) is 0 Å². The van der Waals surface area contributed by atoms with Crippen LogP contribution in [0.5, 0.6) is 0 Å².